The zero-order valence-corrected chi connectivity index (χ0v) is 12.1. The summed E-state index contributed by atoms with van der Waals surface area (Å²) in [6.07, 6.45) is 2.73. The fraction of sp³-hybridized carbons (Fsp3) is 0.533. The van der Waals surface area contributed by atoms with Gasteiger partial charge in [-0.1, -0.05) is 11.6 Å². The van der Waals surface area contributed by atoms with E-state index in [9.17, 15) is 9.90 Å². The number of rotatable bonds is 3. The van der Waals surface area contributed by atoms with Gasteiger partial charge in [-0.15, -0.1) is 0 Å². The van der Waals surface area contributed by atoms with Crippen molar-refractivity contribution in [3.8, 4) is 5.75 Å². The third-order valence-corrected chi connectivity index (χ3v) is 4.37. The van der Waals surface area contributed by atoms with E-state index in [1.54, 1.807) is 6.07 Å². The summed E-state index contributed by atoms with van der Waals surface area (Å²) in [5.41, 5.74) is 0.545. The van der Waals surface area contributed by atoms with Crippen LogP contribution >= 0.6 is 11.6 Å². The second-order valence-electron chi connectivity index (χ2n) is 5.70. The predicted octanol–water partition coefficient (Wildman–Crippen LogP) is 2.21. The lowest BCUT2D eigenvalue weighted by atomic mass is 10.1. The van der Waals surface area contributed by atoms with Crippen molar-refractivity contribution < 1.29 is 9.90 Å². The van der Waals surface area contributed by atoms with Gasteiger partial charge in [0.15, 0.2) is 0 Å². The number of amides is 1. The van der Waals surface area contributed by atoms with Crippen molar-refractivity contribution in [3.63, 3.8) is 0 Å². The van der Waals surface area contributed by atoms with Gasteiger partial charge in [0.1, 0.15) is 5.75 Å². The third kappa shape index (κ3) is 3.07. The first kappa shape index (κ1) is 13.7. The topological polar surface area (TPSA) is 43.8 Å². The Labute approximate surface area is 123 Å². The Kier molecular flexibility index (Phi) is 3.85. The van der Waals surface area contributed by atoms with Crippen LogP contribution in [0.2, 0.25) is 5.02 Å². The molecule has 1 N–H and O–H groups in total. The summed E-state index contributed by atoms with van der Waals surface area (Å²) >= 11 is 5.86. The number of hydrogen-bond acceptors (Lipinski definition) is 3. The SMILES string of the molecule is O=C(c1ccc(O)c(Cl)c1)N1CCN(CC2CC2)CC1. The normalized spacial score (nSPS) is 20.1. The molecule has 1 saturated heterocycles. The molecule has 0 unspecified atom stereocenters. The maximum atomic E-state index is 12.4. The first-order chi connectivity index (χ1) is 9.63. The summed E-state index contributed by atoms with van der Waals surface area (Å²) in [5.74, 6) is 0.906. The summed E-state index contributed by atoms with van der Waals surface area (Å²) in [6.45, 7) is 4.63. The lowest BCUT2D eigenvalue weighted by Crippen LogP contribution is -2.49. The Morgan fingerprint density at radius 3 is 2.55 bits per heavy atom. The fourth-order valence-electron chi connectivity index (χ4n) is 2.62. The highest BCUT2D eigenvalue weighted by atomic mass is 35.5. The highest BCUT2D eigenvalue weighted by molar-refractivity contribution is 6.32. The zero-order chi connectivity index (χ0) is 14.1. The molecule has 108 valence electrons. The minimum Gasteiger partial charge on any atom is -0.506 e. The standard InChI is InChI=1S/C15H19ClN2O2/c16-13-9-12(3-4-14(13)19)15(20)18-7-5-17(6-8-18)10-11-1-2-11/h3-4,9,11,19H,1-2,5-8,10H2. The van der Waals surface area contributed by atoms with E-state index in [1.807, 2.05) is 4.90 Å². The van der Waals surface area contributed by atoms with E-state index in [2.05, 4.69) is 4.90 Å². The molecule has 0 radical (unpaired) electrons. The van der Waals surface area contributed by atoms with Crippen molar-refractivity contribution in [2.75, 3.05) is 32.7 Å². The van der Waals surface area contributed by atoms with Gasteiger partial charge >= 0.3 is 0 Å². The molecular weight excluding hydrogens is 276 g/mol. The molecule has 2 aliphatic rings. The maximum Gasteiger partial charge on any atom is 0.253 e. The molecule has 4 nitrogen and oxygen atoms in total. The van der Waals surface area contributed by atoms with Crippen LogP contribution in [0.4, 0.5) is 0 Å². The van der Waals surface area contributed by atoms with Gasteiger partial charge < -0.3 is 10.0 Å². The molecule has 1 heterocycles. The number of phenols is 1. The fourth-order valence-corrected chi connectivity index (χ4v) is 2.80. The minimum absolute atomic E-state index is 0.00188. The van der Waals surface area contributed by atoms with Gasteiger partial charge in [0.05, 0.1) is 5.02 Å². The molecule has 1 saturated carbocycles. The zero-order valence-electron chi connectivity index (χ0n) is 11.4. The van der Waals surface area contributed by atoms with Gasteiger partial charge in [0.2, 0.25) is 0 Å². The molecule has 0 bridgehead atoms. The van der Waals surface area contributed by atoms with Gasteiger partial charge in [0, 0.05) is 38.3 Å². The van der Waals surface area contributed by atoms with Crippen LogP contribution in [0, 0.1) is 5.92 Å². The molecular formula is C15H19ClN2O2. The first-order valence-corrected chi connectivity index (χ1v) is 7.51. The van der Waals surface area contributed by atoms with Crippen molar-refractivity contribution >= 4 is 17.5 Å². The lowest BCUT2D eigenvalue weighted by molar-refractivity contribution is 0.0632. The smallest absolute Gasteiger partial charge is 0.253 e. The Morgan fingerprint density at radius 1 is 1.25 bits per heavy atom. The van der Waals surface area contributed by atoms with Crippen molar-refractivity contribution in [1.29, 1.82) is 0 Å². The van der Waals surface area contributed by atoms with Gasteiger partial charge in [-0.2, -0.15) is 0 Å². The summed E-state index contributed by atoms with van der Waals surface area (Å²) in [6, 6.07) is 4.63. The van der Waals surface area contributed by atoms with Crippen molar-refractivity contribution in [2.45, 2.75) is 12.8 Å². The van der Waals surface area contributed by atoms with Crippen LogP contribution in [0.25, 0.3) is 0 Å². The van der Waals surface area contributed by atoms with E-state index in [1.165, 1.54) is 31.5 Å². The van der Waals surface area contributed by atoms with Crippen LogP contribution in [-0.2, 0) is 0 Å². The van der Waals surface area contributed by atoms with Crippen LogP contribution in [0.5, 0.6) is 5.75 Å². The van der Waals surface area contributed by atoms with E-state index in [0.717, 1.165) is 32.1 Å². The summed E-state index contributed by atoms with van der Waals surface area (Å²) < 4.78 is 0. The van der Waals surface area contributed by atoms with Crippen molar-refractivity contribution in [1.82, 2.24) is 9.80 Å². The number of benzene rings is 1. The molecule has 2 fully saturated rings. The van der Waals surface area contributed by atoms with Crippen LogP contribution in [0.1, 0.15) is 23.2 Å². The summed E-state index contributed by atoms with van der Waals surface area (Å²) in [4.78, 5) is 16.7. The minimum atomic E-state index is -0.00188. The Bertz CT molecular complexity index is 509. The molecule has 0 atom stereocenters. The average molecular weight is 295 g/mol. The third-order valence-electron chi connectivity index (χ3n) is 4.07. The molecule has 1 aromatic rings. The molecule has 5 heteroatoms. The Morgan fingerprint density at radius 2 is 1.95 bits per heavy atom. The number of aromatic hydroxyl groups is 1. The molecule has 0 aromatic heterocycles. The molecule has 1 amide bonds. The lowest BCUT2D eigenvalue weighted by Gasteiger charge is -2.34. The van der Waals surface area contributed by atoms with E-state index in [-0.39, 0.29) is 16.7 Å². The van der Waals surface area contributed by atoms with E-state index >= 15 is 0 Å². The van der Waals surface area contributed by atoms with Crippen LogP contribution in [0.15, 0.2) is 18.2 Å². The van der Waals surface area contributed by atoms with E-state index < -0.39 is 0 Å². The molecule has 0 spiro atoms. The number of piperazine rings is 1. The van der Waals surface area contributed by atoms with Gasteiger partial charge in [-0.05, 0) is 37.0 Å². The van der Waals surface area contributed by atoms with Crippen molar-refractivity contribution in [2.24, 2.45) is 5.92 Å². The van der Waals surface area contributed by atoms with Gasteiger partial charge in [-0.3, -0.25) is 9.69 Å². The number of phenolic OH excluding ortho intramolecular Hbond substituents is 1. The number of carbonyl (C=O) groups is 1. The summed E-state index contributed by atoms with van der Waals surface area (Å²) in [7, 11) is 0. The number of hydrogen-bond donors (Lipinski definition) is 1. The number of carbonyl (C=O) groups excluding carboxylic acids is 1. The molecule has 20 heavy (non-hydrogen) atoms. The highest BCUT2D eigenvalue weighted by Gasteiger charge is 2.28. The average Bonchev–Trinajstić information content (AvgIpc) is 3.26. The largest absolute Gasteiger partial charge is 0.506 e. The highest BCUT2D eigenvalue weighted by Crippen LogP contribution is 2.30. The number of halogens is 1. The molecule has 1 aliphatic carbocycles. The Hall–Kier alpha value is -1.26. The Balaban J connectivity index is 1.58. The molecule has 1 aromatic carbocycles. The quantitative estimate of drug-likeness (QED) is 0.929. The second kappa shape index (κ2) is 5.62. The monoisotopic (exact) mass is 294 g/mol. The van der Waals surface area contributed by atoms with E-state index in [0.29, 0.717) is 5.56 Å². The van der Waals surface area contributed by atoms with Crippen LogP contribution in [0.3, 0.4) is 0 Å². The van der Waals surface area contributed by atoms with Gasteiger partial charge in [0.25, 0.3) is 5.91 Å². The summed E-state index contributed by atoms with van der Waals surface area (Å²) in [5, 5.41) is 9.62. The van der Waals surface area contributed by atoms with Crippen molar-refractivity contribution in [3.05, 3.63) is 28.8 Å². The van der Waals surface area contributed by atoms with Crippen LogP contribution < -0.4 is 0 Å². The molecule has 1 aliphatic heterocycles. The predicted molar refractivity (Wildman–Crippen MR) is 78.2 cm³/mol. The van der Waals surface area contributed by atoms with Crippen LogP contribution in [-0.4, -0.2) is 53.5 Å². The van der Waals surface area contributed by atoms with Gasteiger partial charge in [-0.25, -0.2) is 0 Å². The van der Waals surface area contributed by atoms with E-state index in [4.69, 9.17) is 11.6 Å². The first-order valence-electron chi connectivity index (χ1n) is 7.13. The maximum absolute atomic E-state index is 12.4. The second-order valence-corrected chi connectivity index (χ2v) is 6.11. The molecule has 3 rings (SSSR count). The number of nitrogens with zero attached hydrogens (tertiary/aromatic N) is 2.